The van der Waals surface area contributed by atoms with Crippen molar-refractivity contribution in [3.8, 4) is 5.75 Å². The monoisotopic (exact) mass is 391 g/mol. The van der Waals surface area contributed by atoms with Crippen LogP contribution in [0.2, 0.25) is 0 Å². The van der Waals surface area contributed by atoms with Crippen LogP contribution >= 0.6 is 15.9 Å². The zero-order valence-corrected chi connectivity index (χ0v) is 15.3. The summed E-state index contributed by atoms with van der Waals surface area (Å²) in [5.74, 6) is 1.38. The van der Waals surface area contributed by atoms with Crippen molar-refractivity contribution in [2.45, 2.75) is 32.3 Å². The van der Waals surface area contributed by atoms with E-state index in [0.29, 0.717) is 5.56 Å². The lowest BCUT2D eigenvalue weighted by Gasteiger charge is -2.22. The normalized spacial score (nSPS) is 15.4. The van der Waals surface area contributed by atoms with Crippen LogP contribution in [-0.4, -0.2) is 13.1 Å². The fraction of sp³-hybridized carbons (Fsp3) is 0.400. The van der Waals surface area contributed by atoms with E-state index in [1.165, 1.54) is 30.9 Å². The van der Waals surface area contributed by atoms with E-state index in [2.05, 4.69) is 33.4 Å². The van der Waals surface area contributed by atoms with Crippen LogP contribution in [0.5, 0.6) is 5.75 Å². The van der Waals surface area contributed by atoms with E-state index in [-0.39, 0.29) is 12.4 Å². The van der Waals surface area contributed by atoms with Gasteiger partial charge in [0.1, 0.15) is 18.2 Å². The van der Waals surface area contributed by atoms with Gasteiger partial charge in [0.25, 0.3) is 0 Å². The molecular weight excluding hydrogens is 369 g/mol. The molecule has 0 spiro atoms. The van der Waals surface area contributed by atoms with Crippen molar-refractivity contribution in [1.82, 2.24) is 5.32 Å². The highest BCUT2D eigenvalue weighted by atomic mass is 79.9. The molecule has 0 bridgehead atoms. The summed E-state index contributed by atoms with van der Waals surface area (Å²) in [5, 5.41) is 3.41. The van der Waals surface area contributed by atoms with Crippen molar-refractivity contribution in [3.05, 3.63) is 63.9 Å². The number of hydrogen-bond acceptors (Lipinski definition) is 2. The summed E-state index contributed by atoms with van der Waals surface area (Å²) in [7, 11) is 0. The van der Waals surface area contributed by atoms with Crippen LogP contribution in [0.15, 0.2) is 46.9 Å². The van der Waals surface area contributed by atoms with Crippen molar-refractivity contribution >= 4 is 15.9 Å². The standard InChI is InChI=1S/C20H23BrFNO/c21-18-6-5-17(20(22)13-18)14-24-19-7-3-15(4-8-19)1-2-16-9-11-23-12-10-16/h3-8,13,16,23H,1-2,9-12,14H2. The van der Waals surface area contributed by atoms with Gasteiger partial charge in [0.05, 0.1) is 0 Å². The molecule has 0 aromatic heterocycles. The van der Waals surface area contributed by atoms with Crippen LogP contribution in [0.1, 0.15) is 30.4 Å². The maximum Gasteiger partial charge on any atom is 0.130 e. The van der Waals surface area contributed by atoms with Gasteiger partial charge >= 0.3 is 0 Å². The smallest absolute Gasteiger partial charge is 0.130 e. The predicted molar refractivity (Wildman–Crippen MR) is 98.8 cm³/mol. The van der Waals surface area contributed by atoms with Crippen LogP contribution in [0.25, 0.3) is 0 Å². The Balaban J connectivity index is 1.48. The van der Waals surface area contributed by atoms with Crippen molar-refractivity contribution in [1.29, 1.82) is 0 Å². The molecule has 0 saturated carbocycles. The van der Waals surface area contributed by atoms with Gasteiger partial charge in [0, 0.05) is 10.0 Å². The van der Waals surface area contributed by atoms with E-state index >= 15 is 0 Å². The lowest BCUT2D eigenvalue weighted by Crippen LogP contribution is -2.27. The first-order chi connectivity index (χ1) is 11.7. The molecule has 4 heteroatoms. The van der Waals surface area contributed by atoms with Gasteiger partial charge in [-0.05, 0) is 74.5 Å². The molecule has 2 nitrogen and oxygen atoms in total. The molecule has 1 N–H and O–H groups in total. The fourth-order valence-electron chi connectivity index (χ4n) is 3.09. The van der Waals surface area contributed by atoms with Crippen LogP contribution in [0, 0.1) is 11.7 Å². The number of halogens is 2. The minimum Gasteiger partial charge on any atom is -0.489 e. The van der Waals surface area contributed by atoms with Crippen LogP contribution in [0.4, 0.5) is 4.39 Å². The van der Waals surface area contributed by atoms with Gasteiger partial charge in [-0.1, -0.05) is 34.1 Å². The van der Waals surface area contributed by atoms with Gasteiger partial charge < -0.3 is 10.1 Å². The third kappa shape index (κ3) is 5.05. The second-order valence-electron chi connectivity index (χ2n) is 6.40. The molecule has 0 amide bonds. The molecule has 1 aliphatic rings. The molecule has 0 atom stereocenters. The van der Waals surface area contributed by atoms with Gasteiger partial charge in [-0.2, -0.15) is 0 Å². The highest BCUT2D eigenvalue weighted by molar-refractivity contribution is 9.10. The van der Waals surface area contributed by atoms with Crippen molar-refractivity contribution in [2.75, 3.05) is 13.1 Å². The van der Waals surface area contributed by atoms with Crippen LogP contribution in [-0.2, 0) is 13.0 Å². The molecule has 0 aliphatic carbocycles. The molecule has 1 saturated heterocycles. The SMILES string of the molecule is Fc1cc(Br)ccc1COc1ccc(CCC2CCNCC2)cc1. The molecule has 1 aliphatic heterocycles. The first-order valence-corrected chi connectivity index (χ1v) is 9.36. The first-order valence-electron chi connectivity index (χ1n) is 8.57. The number of ether oxygens (including phenoxy) is 1. The zero-order valence-electron chi connectivity index (χ0n) is 13.7. The molecule has 2 aromatic carbocycles. The minimum absolute atomic E-state index is 0.244. The van der Waals surface area contributed by atoms with Crippen molar-refractivity contribution < 1.29 is 9.13 Å². The summed E-state index contributed by atoms with van der Waals surface area (Å²) < 4.78 is 20.2. The highest BCUT2D eigenvalue weighted by Crippen LogP contribution is 2.21. The second kappa shape index (κ2) is 8.63. The highest BCUT2D eigenvalue weighted by Gasteiger charge is 2.12. The van der Waals surface area contributed by atoms with Gasteiger partial charge in [-0.15, -0.1) is 0 Å². The molecule has 128 valence electrons. The van der Waals surface area contributed by atoms with E-state index in [0.717, 1.165) is 35.7 Å². The van der Waals surface area contributed by atoms with Crippen molar-refractivity contribution in [2.24, 2.45) is 5.92 Å². The molecule has 0 unspecified atom stereocenters. The van der Waals surface area contributed by atoms with Gasteiger partial charge in [-0.3, -0.25) is 0 Å². The number of piperidine rings is 1. The Morgan fingerprint density at radius 1 is 1.08 bits per heavy atom. The quantitative estimate of drug-likeness (QED) is 0.739. The van der Waals surface area contributed by atoms with Gasteiger partial charge in [0.15, 0.2) is 0 Å². The van der Waals surface area contributed by atoms with E-state index in [1.807, 2.05) is 18.2 Å². The summed E-state index contributed by atoms with van der Waals surface area (Å²) >= 11 is 3.26. The lowest BCUT2D eigenvalue weighted by atomic mass is 9.91. The molecule has 1 heterocycles. The average molecular weight is 392 g/mol. The molecule has 3 rings (SSSR count). The number of rotatable bonds is 6. The molecule has 2 aromatic rings. The summed E-state index contributed by atoms with van der Waals surface area (Å²) in [6, 6.07) is 13.2. The minimum atomic E-state index is -0.247. The van der Waals surface area contributed by atoms with E-state index in [1.54, 1.807) is 6.07 Å². The first kappa shape index (κ1) is 17.4. The van der Waals surface area contributed by atoms with E-state index < -0.39 is 0 Å². The summed E-state index contributed by atoms with van der Waals surface area (Å²) in [5.41, 5.74) is 1.91. The Bertz CT molecular complexity index is 653. The van der Waals surface area contributed by atoms with E-state index in [9.17, 15) is 4.39 Å². The Labute approximate surface area is 151 Å². The summed E-state index contributed by atoms with van der Waals surface area (Å²) in [4.78, 5) is 0. The number of benzene rings is 2. The zero-order chi connectivity index (χ0) is 16.8. The lowest BCUT2D eigenvalue weighted by molar-refractivity contribution is 0.299. The summed E-state index contributed by atoms with van der Waals surface area (Å²) in [6.07, 6.45) is 4.96. The Hall–Kier alpha value is -1.39. The molecule has 0 radical (unpaired) electrons. The Kier molecular flexibility index (Phi) is 6.27. The maximum atomic E-state index is 13.8. The largest absolute Gasteiger partial charge is 0.489 e. The fourth-order valence-corrected chi connectivity index (χ4v) is 3.43. The predicted octanol–water partition coefficient (Wildman–Crippen LogP) is 5.10. The summed E-state index contributed by atoms with van der Waals surface area (Å²) in [6.45, 7) is 2.56. The van der Waals surface area contributed by atoms with Crippen molar-refractivity contribution in [3.63, 3.8) is 0 Å². The molecule has 1 fully saturated rings. The van der Waals surface area contributed by atoms with E-state index in [4.69, 9.17) is 4.74 Å². The third-order valence-corrected chi connectivity index (χ3v) is 5.13. The number of aryl methyl sites for hydroxylation is 1. The van der Waals surface area contributed by atoms with Gasteiger partial charge in [-0.25, -0.2) is 4.39 Å². The average Bonchev–Trinajstić information content (AvgIpc) is 2.61. The molecular formula is C20H23BrFNO. The topological polar surface area (TPSA) is 21.3 Å². The maximum absolute atomic E-state index is 13.8. The van der Waals surface area contributed by atoms with Gasteiger partial charge in [0.2, 0.25) is 0 Å². The number of nitrogens with one attached hydrogen (secondary N) is 1. The third-order valence-electron chi connectivity index (χ3n) is 4.63. The Morgan fingerprint density at radius 2 is 1.83 bits per heavy atom. The second-order valence-corrected chi connectivity index (χ2v) is 7.32. The van der Waals surface area contributed by atoms with Crippen LogP contribution < -0.4 is 10.1 Å². The van der Waals surface area contributed by atoms with Crippen LogP contribution in [0.3, 0.4) is 0 Å². The number of hydrogen-bond donors (Lipinski definition) is 1. The Morgan fingerprint density at radius 3 is 2.54 bits per heavy atom. The molecule has 24 heavy (non-hydrogen) atoms.